The second kappa shape index (κ2) is 4.05. The number of anilines is 1. The van der Waals surface area contributed by atoms with Crippen LogP contribution >= 0.6 is 15.9 Å². The maximum atomic E-state index is 11.7. The van der Waals surface area contributed by atoms with E-state index in [1.165, 1.54) is 4.90 Å². The van der Waals surface area contributed by atoms with E-state index in [4.69, 9.17) is 0 Å². The van der Waals surface area contributed by atoms with Crippen molar-refractivity contribution in [1.29, 1.82) is 0 Å². The molecule has 92 valence electrons. The molecule has 0 unspecified atom stereocenters. The highest BCUT2D eigenvalue weighted by atomic mass is 79.9. The van der Waals surface area contributed by atoms with Gasteiger partial charge in [0.15, 0.2) is 5.65 Å². The van der Waals surface area contributed by atoms with Crippen LogP contribution in [-0.4, -0.2) is 33.1 Å². The summed E-state index contributed by atoms with van der Waals surface area (Å²) >= 11 is 3.35. The van der Waals surface area contributed by atoms with E-state index in [0.29, 0.717) is 18.1 Å². The summed E-state index contributed by atoms with van der Waals surface area (Å²) in [4.78, 5) is 24.2. The number of carbonyl (C=O) groups is 2. The number of fused-ring (bicyclic) bond motifs is 1. The van der Waals surface area contributed by atoms with E-state index in [9.17, 15) is 9.59 Å². The van der Waals surface area contributed by atoms with E-state index in [-0.39, 0.29) is 12.3 Å². The minimum Gasteiger partial charge on any atom is -0.278 e. The Morgan fingerprint density at radius 2 is 2.11 bits per heavy atom. The van der Waals surface area contributed by atoms with Gasteiger partial charge >= 0.3 is 6.03 Å². The molecule has 7 nitrogen and oxygen atoms in total. The average molecular weight is 310 g/mol. The van der Waals surface area contributed by atoms with Crippen molar-refractivity contribution in [2.24, 2.45) is 0 Å². The molecule has 3 rings (SSSR count). The smallest absolute Gasteiger partial charge is 0.278 e. The fraction of sp³-hybridized carbons (Fsp3) is 0.200. The van der Waals surface area contributed by atoms with Crippen LogP contribution in [0.25, 0.3) is 5.65 Å². The highest BCUT2D eigenvalue weighted by molar-refractivity contribution is 9.10. The molecule has 0 bridgehead atoms. The molecule has 3 heterocycles. The van der Waals surface area contributed by atoms with Gasteiger partial charge in [0.1, 0.15) is 0 Å². The van der Waals surface area contributed by atoms with Crippen molar-refractivity contribution in [1.82, 2.24) is 19.9 Å². The number of nitrogens with one attached hydrogen (secondary N) is 1. The predicted molar refractivity (Wildman–Crippen MR) is 66.2 cm³/mol. The molecule has 3 amide bonds. The molecule has 2 aromatic rings. The molecule has 18 heavy (non-hydrogen) atoms. The summed E-state index contributed by atoms with van der Waals surface area (Å²) in [6.07, 6.45) is 2.03. The van der Waals surface area contributed by atoms with Crippen LogP contribution in [0.3, 0.4) is 0 Å². The molecule has 2 aromatic heterocycles. The van der Waals surface area contributed by atoms with E-state index in [2.05, 4.69) is 31.4 Å². The molecule has 0 spiro atoms. The number of hydrogen-bond donors (Lipinski definition) is 1. The lowest BCUT2D eigenvalue weighted by Crippen LogP contribution is -2.50. The lowest BCUT2D eigenvalue weighted by molar-refractivity contribution is -0.120. The molecule has 0 aromatic carbocycles. The number of urea groups is 1. The first-order valence-corrected chi connectivity index (χ1v) is 6.06. The number of imide groups is 1. The number of halogens is 1. The molecule has 1 aliphatic heterocycles. The molecule has 1 fully saturated rings. The summed E-state index contributed by atoms with van der Waals surface area (Å²) in [5.41, 5.74) is 0.637. The third-order valence-corrected chi connectivity index (χ3v) is 3.11. The Bertz CT molecular complexity index is 653. The quantitative estimate of drug-likeness (QED) is 0.850. The first-order valence-electron chi connectivity index (χ1n) is 5.27. The Morgan fingerprint density at radius 1 is 1.28 bits per heavy atom. The van der Waals surface area contributed by atoms with E-state index < -0.39 is 6.03 Å². The summed E-state index contributed by atoms with van der Waals surface area (Å²) < 4.78 is 2.55. The van der Waals surface area contributed by atoms with Crippen LogP contribution in [0.5, 0.6) is 0 Å². The Labute approximate surface area is 110 Å². The second-order valence-electron chi connectivity index (χ2n) is 3.83. The van der Waals surface area contributed by atoms with Gasteiger partial charge in [-0.25, -0.2) is 4.79 Å². The van der Waals surface area contributed by atoms with E-state index in [0.717, 1.165) is 4.47 Å². The zero-order chi connectivity index (χ0) is 12.7. The third kappa shape index (κ3) is 1.74. The first-order chi connectivity index (χ1) is 8.65. The van der Waals surface area contributed by atoms with Gasteiger partial charge in [-0.3, -0.25) is 19.4 Å². The van der Waals surface area contributed by atoms with Gasteiger partial charge in [-0.1, -0.05) is 0 Å². The normalized spacial score (nSPS) is 16.2. The van der Waals surface area contributed by atoms with Crippen LogP contribution < -0.4 is 10.2 Å². The zero-order valence-corrected chi connectivity index (χ0v) is 10.7. The maximum Gasteiger partial charge on any atom is 0.330 e. The third-order valence-electron chi connectivity index (χ3n) is 2.64. The van der Waals surface area contributed by atoms with E-state index in [1.54, 1.807) is 16.7 Å². The zero-order valence-electron chi connectivity index (χ0n) is 9.13. The Balaban J connectivity index is 2.06. The fourth-order valence-corrected chi connectivity index (χ4v) is 2.13. The molecule has 1 saturated heterocycles. The van der Waals surface area contributed by atoms with Gasteiger partial charge in [0.2, 0.25) is 11.9 Å². The van der Waals surface area contributed by atoms with Crippen LogP contribution in [-0.2, 0) is 4.79 Å². The summed E-state index contributed by atoms with van der Waals surface area (Å²) in [5, 5.41) is 10.2. The molecule has 1 aliphatic rings. The van der Waals surface area contributed by atoms with Crippen molar-refractivity contribution in [2.45, 2.75) is 6.42 Å². The lowest BCUT2D eigenvalue weighted by Gasteiger charge is -2.24. The Hall–Kier alpha value is -1.96. The van der Waals surface area contributed by atoms with Crippen LogP contribution in [0.2, 0.25) is 0 Å². The van der Waals surface area contributed by atoms with Crippen molar-refractivity contribution in [3.63, 3.8) is 0 Å². The fourth-order valence-electron chi connectivity index (χ4n) is 1.79. The van der Waals surface area contributed by atoms with E-state index in [1.807, 2.05) is 6.07 Å². The van der Waals surface area contributed by atoms with Crippen molar-refractivity contribution in [3.8, 4) is 0 Å². The van der Waals surface area contributed by atoms with Gasteiger partial charge in [0, 0.05) is 23.6 Å². The predicted octanol–water partition coefficient (Wildman–Crippen LogP) is 0.938. The monoisotopic (exact) mass is 309 g/mol. The minimum atomic E-state index is -0.472. The molecule has 8 heteroatoms. The van der Waals surface area contributed by atoms with Crippen LogP contribution in [0.4, 0.5) is 10.7 Å². The molecule has 0 saturated carbocycles. The van der Waals surface area contributed by atoms with Gasteiger partial charge in [-0.05, 0) is 28.1 Å². The Morgan fingerprint density at radius 3 is 2.89 bits per heavy atom. The molecule has 0 radical (unpaired) electrons. The minimum absolute atomic E-state index is 0.259. The summed E-state index contributed by atoms with van der Waals surface area (Å²) in [6.45, 7) is 0.304. The standard InChI is InChI=1S/C10H8BrN5O2/c11-6-1-2-7-13-14-9(16(7)5-6)15-4-3-8(17)12-10(15)18/h1-2,5H,3-4H2,(H,12,17,18). The number of amides is 3. The number of rotatable bonds is 1. The van der Waals surface area contributed by atoms with Crippen molar-refractivity contribution in [3.05, 3.63) is 22.8 Å². The number of hydrogen-bond acceptors (Lipinski definition) is 4. The Kier molecular flexibility index (Phi) is 2.51. The van der Waals surface area contributed by atoms with Crippen molar-refractivity contribution in [2.75, 3.05) is 11.4 Å². The molecule has 0 atom stereocenters. The van der Waals surface area contributed by atoms with Gasteiger partial charge < -0.3 is 0 Å². The SMILES string of the molecule is O=C1CCN(c2nnc3ccc(Br)cn23)C(=O)N1. The van der Waals surface area contributed by atoms with Crippen LogP contribution in [0.15, 0.2) is 22.8 Å². The average Bonchev–Trinajstić information content (AvgIpc) is 2.72. The highest BCUT2D eigenvalue weighted by Gasteiger charge is 2.27. The van der Waals surface area contributed by atoms with Gasteiger partial charge in [0.25, 0.3) is 0 Å². The first kappa shape index (κ1) is 11.1. The van der Waals surface area contributed by atoms with E-state index >= 15 is 0 Å². The number of nitrogens with zero attached hydrogens (tertiary/aromatic N) is 4. The largest absolute Gasteiger partial charge is 0.330 e. The summed E-state index contributed by atoms with van der Waals surface area (Å²) in [5.74, 6) is 0.127. The van der Waals surface area contributed by atoms with Crippen LogP contribution in [0, 0.1) is 0 Å². The lowest BCUT2D eigenvalue weighted by atomic mass is 10.3. The van der Waals surface area contributed by atoms with Gasteiger partial charge in [0.05, 0.1) is 0 Å². The van der Waals surface area contributed by atoms with Gasteiger partial charge in [-0.2, -0.15) is 0 Å². The number of carbonyl (C=O) groups excluding carboxylic acids is 2. The number of aromatic nitrogens is 3. The topological polar surface area (TPSA) is 79.6 Å². The molecular weight excluding hydrogens is 302 g/mol. The second-order valence-corrected chi connectivity index (χ2v) is 4.75. The summed E-state index contributed by atoms with van der Waals surface area (Å²) in [6, 6.07) is 3.15. The molecule has 0 aliphatic carbocycles. The van der Waals surface area contributed by atoms with Crippen molar-refractivity contribution < 1.29 is 9.59 Å². The number of pyridine rings is 1. The molecule has 1 N–H and O–H groups in total. The van der Waals surface area contributed by atoms with Crippen molar-refractivity contribution >= 4 is 39.5 Å². The summed E-state index contributed by atoms with van der Waals surface area (Å²) in [7, 11) is 0. The van der Waals surface area contributed by atoms with Crippen LogP contribution in [0.1, 0.15) is 6.42 Å². The molecular formula is C10H8BrN5O2. The van der Waals surface area contributed by atoms with Gasteiger partial charge in [-0.15, -0.1) is 10.2 Å². The highest BCUT2D eigenvalue weighted by Crippen LogP contribution is 2.19. The maximum absolute atomic E-state index is 11.7.